The Balaban J connectivity index is 1.58. The maximum absolute atomic E-state index is 12.6. The minimum absolute atomic E-state index is 0.0588. The summed E-state index contributed by atoms with van der Waals surface area (Å²) in [7, 11) is 3.25. The van der Waals surface area contributed by atoms with Gasteiger partial charge in [0.1, 0.15) is 0 Å². The molecule has 0 atom stereocenters. The van der Waals surface area contributed by atoms with Gasteiger partial charge in [-0.3, -0.25) is 9.36 Å². The summed E-state index contributed by atoms with van der Waals surface area (Å²) in [5, 5.41) is 12.8. The van der Waals surface area contributed by atoms with Crippen LogP contribution in [0.2, 0.25) is 0 Å². The number of carbonyl (C=O) groups is 1. The van der Waals surface area contributed by atoms with Crippen LogP contribution in [0.15, 0.2) is 47.6 Å². The number of methoxy groups -OCH3 is 2. The summed E-state index contributed by atoms with van der Waals surface area (Å²) < 4.78 is 13.1. The van der Waals surface area contributed by atoms with Gasteiger partial charge in [-0.1, -0.05) is 43.2 Å². The number of ether oxygens (including phenoxy) is 2. The molecule has 1 aromatic heterocycles. The van der Waals surface area contributed by atoms with E-state index in [0.29, 0.717) is 17.5 Å². The summed E-state index contributed by atoms with van der Waals surface area (Å²) in [6.07, 6.45) is 5.80. The topological polar surface area (TPSA) is 78.3 Å². The number of nitrogens with one attached hydrogen (secondary N) is 1. The number of benzene rings is 2. The van der Waals surface area contributed by atoms with Gasteiger partial charge in [0.05, 0.1) is 20.0 Å². The van der Waals surface area contributed by atoms with Crippen LogP contribution in [0.3, 0.4) is 0 Å². The third-order valence-electron chi connectivity index (χ3n) is 5.88. The van der Waals surface area contributed by atoms with Crippen molar-refractivity contribution in [3.05, 3.63) is 48.0 Å². The summed E-state index contributed by atoms with van der Waals surface area (Å²) in [6, 6.07) is 13.9. The van der Waals surface area contributed by atoms with Crippen LogP contribution in [0.5, 0.6) is 11.5 Å². The van der Waals surface area contributed by atoms with Crippen LogP contribution < -0.4 is 14.8 Å². The molecule has 1 fully saturated rings. The molecule has 0 radical (unpaired) electrons. The average molecular weight is 467 g/mol. The fraction of sp³-hybridized carbons (Fsp3) is 0.400. The van der Waals surface area contributed by atoms with E-state index >= 15 is 0 Å². The van der Waals surface area contributed by atoms with Crippen molar-refractivity contribution in [1.82, 2.24) is 14.8 Å². The summed E-state index contributed by atoms with van der Waals surface area (Å²) in [4.78, 5) is 12.6. The molecule has 1 aliphatic rings. The molecular formula is C25H30N4O3S. The molecule has 174 valence electrons. The third kappa shape index (κ3) is 5.50. The lowest BCUT2D eigenvalue weighted by molar-refractivity contribution is -0.113. The molecule has 7 nitrogen and oxygen atoms in total. The second kappa shape index (κ2) is 10.7. The van der Waals surface area contributed by atoms with E-state index in [1.54, 1.807) is 14.2 Å². The molecule has 1 aliphatic carbocycles. The lowest BCUT2D eigenvalue weighted by Crippen LogP contribution is -2.17. The zero-order valence-electron chi connectivity index (χ0n) is 19.3. The molecule has 0 unspecified atom stereocenters. The molecule has 33 heavy (non-hydrogen) atoms. The Hall–Kier alpha value is -3.00. The van der Waals surface area contributed by atoms with Crippen LogP contribution in [0.25, 0.3) is 11.4 Å². The normalized spacial score (nSPS) is 14.2. The molecule has 1 amide bonds. The van der Waals surface area contributed by atoms with E-state index in [0.717, 1.165) is 40.6 Å². The smallest absolute Gasteiger partial charge is 0.234 e. The van der Waals surface area contributed by atoms with Crippen LogP contribution in [-0.2, 0) is 4.79 Å². The van der Waals surface area contributed by atoms with Gasteiger partial charge in [-0.2, -0.15) is 0 Å². The summed E-state index contributed by atoms with van der Waals surface area (Å²) in [5.41, 5.74) is 2.83. The second-order valence-corrected chi connectivity index (χ2v) is 9.19. The van der Waals surface area contributed by atoms with Gasteiger partial charge in [0.15, 0.2) is 22.5 Å². The maximum atomic E-state index is 12.6. The molecule has 0 saturated heterocycles. The van der Waals surface area contributed by atoms with Crippen molar-refractivity contribution < 1.29 is 14.3 Å². The molecule has 1 heterocycles. The van der Waals surface area contributed by atoms with Crippen molar-refractivity contribution >= 4 is 23.4 Å². The zero-order chi connectivity index (χ0) is 23.2. The highest BCUT2D eigenvalue weighted by Gasteiger charge is 2.25. The number of aromatic nitrogens is 3. The minimum atomic E-state index is -0.0588. The van der Waals surface area contributed by atoms with E-state index in [1.165, 1.54) is 31.0 Å². The first-order chi connectivity index (χ1) is 16.1. The van der Waals surface area contributed by atoms with Gasteiger partial charge in [0.25, 0.3) is 0 Å². The number of carbonyl (C=O) groups excluding carboxylic acids is 1. The highest BCUT2D eigenvalue weighted by Crippen LogP contribution is 2.38. The van der Waals surface area contributed by atoms with E-state index < -0.39 is 0 Å². The van der Waals surface area contributed by atoms with Crippen molar-refractivity contribution in [1.29, 1.82) is 0 Å². The largest absolute Gasteiger partial charge is 0.493 e. The minimum Gasteiger partial charge on any atom is -0.493 e. The van der Waals surface area contributed by atoms with Crippen molar-refractivity contribution in [2.75, 3.05) is 25.3 Å². The number of thioether (sulfide) groups is 1. The molecule has 0 spiro atoms. The summed E-state index contributed by atoms with van der Waals surface area (Å²) >= 11 is 1.43. The Morgan fingerprint density at radius 1 is 1.06 bits per heavy atom. The first-order valence-electron chi connectivity index (χ1n) is 11.3. The molecule has 1 saturated carbocycles. The van der Waals surface area contributed by atoms with Crippen molar-refractivity contribution in [2.24, 2.45) is 0 Å². The van der Waals surface area contributed by atoms with Crippen LogP contribution in [0, 0.1) is 6.92 Å². The van der Waals surface area contributed by atoms with Crippen LogP contribution in [-0.4, -0.2) is 40.6 Å². The summed E-state index contributed by atoms with van der Waals surface area (Å²) in [5.74, 6) is 2.33. The van der Waals surface area contributed by atoms with Crippen LogP contribution >= 0.6 is 11.8 Å². The Morgan fingerprint density at radius 3 is 2.58 bits per heavy atom. The number of aryl methyl sites for hydroxylation is 1. The van der Waals surface area contributed by atoms with Gasteiger partial charge in [0.2, 0.25) is 5.91 Å². The van der Waals surface area contributed by atoms with E-state index in [1.807, 2.05) is 49.4 Å². The van der Waals surface area contributed by atoms with Crippen molar-refractivity contribution in [2.45, 2.75) is 50.2 Å². The standard InChI is InChI=1S/C25H30N4O3S/c1-17-8-7-9-19(14-17)26-23(30)16-33-25-28-27-24(29(25)20-10-5-4-6-11-20)18-12-13-21(31-2)22(15-18)32-3/h7-9,12-15,20H,4-6,10-11,16H2,1-3H3,(H,26,30). The molecular weight excluding hydrogens is 436 g/mol. The first-order valence-corrected chi connectivity index (χ1v) is 12.2. The number of hydrogen-bond donors (Lipinski definition) is 1. The average Bonchev–Trinajstić information content (AvgIpc) is 3.27. The highest BCUT2D eigenvalue weighted by atomic mass is 32.2. The van der Waals surface area contributed by atoms with Gasteiger partial charge in [0, 0.05) is 17.3 Å². The van der Waals surface area contributed by atoms with E-state index in [9.17, 15) is 4.79 Å². The predicted molar refractivity (Wildman–Crippen MR) is 131 cm³/mol. The fourth-order valence-corrected chi connectivity index (χ4v) is 5.07. The van der Waals surface area contributed by atoms with Gasteiger partial charge >= 0.3 is 0 Å². The molecule has 1 N–H and O–H groups in total. The first kappa shape index (κ1) is 23.2. The SMILES string of the molecule is COc1ccc(-c2nnc(SCC(=O)Nc3cccc(C)c3)n2C2CCCCC2)cc1OC. The Labute approximate surface area is 198 Å². The molecule has 3 aromatic rings. The third-order valence-corrected chi connectivity index (χ3v) is 6.82. The van der Waals surface area contributed by atoms with E-state index in [4.69, 9.17) is 9.47 Å². The Bertz CT molecular complexity index is 1110. The summed E-state index contributed by atoms with van der Waals surface area (Å²) in [6.45, 7) is 2.01. The molecule has 4 rings (SSSR count). The molecule has 0 bridgehead atoms. The zero-order valence-corrected chi connectivity index (χ0v) is 20.2. The van der Waals surface area contributed by atoms with E-state index in [-0.39, 0.29) is 11.7 Å². The quantitative estimate of drug-likeness (QED) is 0.441. The molecule has 2 aromatic carbocycles. The fourth-order valence-electron chi connectivity index (χ4n) is 4.27. The van der Waals surface area contributed by atoms with Gasteiger partial charge in [-0.15, -0.1) is 10.2 Å². The van der Waals surface area contributed by atoms with Crippen molar-refractivity contribution in [3.63, 3.8) is 0 Å². The van der Waals surface area contributed by atoms with Gasteiger partial charge in [-0.25, -0.2) is 0 Å². The van der Waals surface area contributed by atoms with Crippen molar-refractivity contribution in [3.8, 4) is 22.9 Å². The number of rotatable bonds is 8. The Morgan fingerprint density at radius 2 is 1.85 bits per heavy atom. The lowest BCUT2D eigenvalue weighted by atomic mass is 9.95. The van der Waals surface area contributed by atoms with E-state index in [2.05, 4.69) is 20.1 Å². The monoisotopic (exact) mass is 466 g/mol. The van der Waals surface area contributed by atoms with Crippen LogP contribution in [0.1, 0.15) is 43.7 Å². The predicted octanol–water partition coefficient (Wildman–Crippen LogP) is 5.51. The second-order valence-electron chi connectivity index (χ2n) is 8.24. The van der Waals surface area contributed by atoms with Crippen LogP contribution in [0.4, 0.5) is 5.69 Å². The Kier molecular flexibility index (Phi) is 7.54. The van der Waals surface area contributed by atoms with Gasteiger partial charge < -0.3 is 14.8 Å². The molecule has 0 aliphatic heterocycles. The number of amides is 1. The number of hydrogen-bond acceptors (Lipinski definition) is 6. The number of nitrogens with zero attached hydrogens (tertiary/aromatic N) is 3. The highest BCUT2D eigenvalue weighted by molar-refractivity contribution is 7.99. The number of anilines is 1. The maximum Gasteiger partial charge on any atom is 0.234 e. The lowest BCUT2D eigenvalue weighted by Gasteiger charge is -2.25. The van der Waals surface area contributed by atoms with Gasteiger partial charge in [-0.05, 0) is 55.7 Å². The molecule has 8 heteroatoms.